The van der Waals surface area contributed by atoms with Gasteiger partial charge in [-0.2, -0.15) is 0 Å². The third kappa shape index (κ3) is 48.4. The van der Waals surface area contributed by atoms with Crippen LogP contribution < -0.4 is 31.9 Å². The molecular weight excluding hydrogens is 1080 g/mol. The summed E-state index contributed by atoms with van der Waals surface area (Å²) in [6.45, 7) is 1.58. The van der Waals surface area contributed by atoms with Gasteiger partial charge in [-0.25, -0.2) is 14.4 Å². The molecule has 0 aromatic heterocycles. The Morgan fingerprint density at radius 2 is 0.709 bits per heavy atom. The van der Waals surface area contributed by atoms with Crippen LogP contribution >= 0.6 is 0 Å². The Kier molecular flexibility index (Phi) is 48.9. The van der Waals surface area contributed by atoms with E-state index < -0.39 is 90.6 Å². The molecule has 0 saturated heterocycles. The largest absolute Gasteiger partial charge is 0.668 e. The fourth-order valence-electron chi connectivity index (χ4n) is 7.48. The maximum Gasteiger partial charge on any atom is 0.326 e. The molecule has 0 unspecified atom stereocenters. The molecule has 0 saturated carbocycles. The third-order valence-electron chi connectivity index (χ3n) is 12.0. The van der Waals surface area contributed by atoms with Crippen LogP contribution in [-0.2, 0) is 90.2 Å². The van der Waals surface area contributed by atoms with Crippen LogP contribution in [0.5, 0.6) is 0 Å². The van der Waals surface area contributed by atoms with E-state index in [1.54, 1.807) is 0 Å². The molecule has 0 aliphatic rings. The number of aliphatic carboxylic acids is 4. The first-order valence-corrected chi connectivity index (χ1v) is 27.4. The average Bonchev–Trinajstić information content (AvgIpc) is 3.38. The Bertz CT molecular complexity index is 1780. The molecule has 0 rings (SSSR count). The van der Waals surface area contributed by atoms with Crippen LogP contribution in [0.15, 0.2) is 0 Å². The topological polar surface area (TPSA) is 402 Å². The number of amides is 6. The maximum atomic E-state index is 12.4. The van der Waals surface area contributed by atoms with Gasteiger partial charge in [-0.15, -0.1) is 0 Å². The minimum Gasteiger partial charge on any atom is -0.668 e. The van der Waals surface area contributed by atoms with E-state index in [4.69, 9.17) is 29.8 Å². The zero-order valence-electron chi connectivity index (χ0n) is 46.1. The fourth-order valence-corrected chi connectivity index (χ4v) is 7.48. The van der Waals surface area contributed by atoms with Gasteiger partial charge in [0.2, 0.25) is 35.4 Å². The number of carbonyl (C=O) groups excluding carboxylic acids is 7. The molecule has 0 aliphatic carbocycles. The van der Waals surface area contributed by atoms with E-state index >= 15 is 0 Å². The number of unbranched alkanes of at least 4 members (excludes halogenated alkanes) is 14. The normalized spacial score (nSPS) is 12.4. The first-order chi connectivity index (χ1) is 37.3. The summed E-state index contributed by atoms with van der Waals surface area (Å²) < 4.78 is 21.2. The second kappa shape index (κ2) is 50.9. The van der Waals surface area contributed by atoms with E-state index in [-0.39, 0.29) is 141 Å². The number of nitrogens with one attached hydrogen (secondary N) is 7. The molecule has 26 nitrogen and oxygen atoms in total. The van der Waals surface area contributed by atoms with Crippen LogP contribution in [-0.4, -0.2) is 182 Å². The second-order valence-electron chi connectivity index (χ2n) is 18.9. The van der Waals surface area contributed by atoms with Crippen molar-refractivity contribution in [1.29, 1.82) is 0 Å². The number of hydrogen-bond acceptors (Lipinski definition) is 15. The number of carboxylic acids is 4. The van der Waals surface area contributed by atoms with Gasteiger partial charge in [-0.3, -0.25) is 33.6 Å². The average molecular weight is 1170 g/mol. The molecular formula is C52H90N7O19V-. The van der Waals surface area contributed by atoms with Gasteiger partial charge in [0.25, 0.3) is 0 Å². The summed E-state index contributed by atoms with van der Waals surface area (Å²) in [5, 5.41) is 52.0. The van der Waals surface area contributed by atoms with Crippen molar-refractivity contribution < 1.29 is 111 Å². The van der Waals surface area contributed by atoms with Crippen LogP contribution in [0.3, 0.4) is 0 Å². The van der Waals surface area contributed by atoms with Crippen molar-refractivity contribution in [2.45, 2.75) is 192 Å². The summed E-state index contributed by atoms with van der Waals surface area (Å²) in [6.07, 6.45) is 15.2. The molecule has 79 heavy (non-hydrogen) atoms. The summed E-state index contributed by atoms with van der Waals surface area (Å²) in [5.41, 5.74) is 7.58. The molecule has 11 N–H and O–H groups in total. The first-order valence-electron chi connectivity index (χ1n) is 27.4. The van der Waals surface area contributed by atoms with Gasteiger partial charge in [0.05, 0.1) is 39.6 Å². The van der Waals surface area contributed by atoms with Crippen molar-refractivity contribution in [1.82, 2.24) is 31.9 Å². The van der Waals surface area contributed by atoms with Gasteiger partial charge in [-0.05, 0) is 45.4 Å². The predicted molar refractivity (Wildman–Crippen MR) is 283 cm³/mol. The minimum atomic E-state index is -1.48. The zero-order chi connectivity index (χ0) is 58.2. The molecule has 1 radical (unpaired) electrons. The van der Waals surface area contributed by atoms with E-state index in [1.807, 2.05) is 0 Å². The number of ketones is 1. The number of Topliss-reactive ketones (excluding diaryl/α,β-unsaturated/α-hetero) is 1. The van der Waals surface area contributed by atoms with E-state index in [2.05, 4.69) is 31.9 Å². The molecule has 0 spiro atoms. The molecule has 0 aliphatic heterocycles. The maximum absolute atomic E-state index is 12.4. The molecule has 4 atom stereocenters. The summed E-state index contributed by atoms with van der Waals surface area (Å²) in [6, 6.07) is -4.90. The smallest absolute Gasteiger partial charge is 0.326 e. The van der Waals surface area contributed by atoms with Crippen molar-refractivity contribution in [3.63, 3.8) is 0 Å². The van der Waals surface area contributed by atoms with Crippen molar-refractivity contribution in [3.8, 4) is 0 Å². The Labute approximate surface area is 475 Å². The van der Waals surface area contributed by atoms with Gasteiger partial charge in [0, 0.05) is 70.3 Å². The van der Waals surface area contributed by atoms with E-state index in [1.165, 1.54) is 39.0 Å². The minimum absolute atomic E-state index is 0. The molecule has 0 fully saturated rings. The molecule has 0 aromatic carbocycles. The van der Waals surface area contributed by atoms with Crippen LogP contribution in [0, 0.1) is 0 Å². The predicted octanol–water partition coefficient (Wildman–Crippen LogP) is 2.95. The fraction of sp³-hybridized carbons (Fsp3) is 0.788. The summed E-state index contributed by atoms with van der Waals surface area (Å²) in [4.78, 5) is 130. The number of carbonyl (C=O) groups is 11. The van der Waals surface area contributed by atoms with Gasteiger partial charge in [-0.1, -0.05) is 95.9 Å². The SMILES string of the molecule is CC(=O)[C@@H]([NH-])CCCCNC(=O)CC[C@H](NC(=O)CC[C@H](NC(=O)COCCOCCNC(=O)COCCOCCNC(=O)CC[C@H](NC(=O)CCCCCCCCCCCCCCCCC(=O)O)C(=O)O)C(=O)O)C(=O)O.[V]. The number of ether oxygens (including phenoxy) is 4. The summed E-state index contributed by atoms with van der Waals surface area (Å²) in [7, 11) is 0. The number of rotatable bonds is 54. The van der Waals surface area contributed by atoms with E-state index in [9.17, 15) is 68.1 Å². The van der Waals surface area contributed by atoms with Gasteiger partial charge < -0.3 is 81.8 Å². The van der Waals surface area contributed by atoms with Gasteiger partial charge in [0.1, 0.15) is 37.1 Å². The Balaban J connectivity index is 0. The zero-order valence-corrected chi connectivity index (χ0v) is 47.5. The Morgan fingerprint density at radius 3 is 1.13 bits per heavy atom. The molecule has 6 amide bonds. The standard InChI is InChI=1S/C52H90N7O19.V/c1-38(60)39(53)18-16-17-27-54-43(61)24-21-41(51(71)72)58-46(64)26-23-42(52(73)74)59-48(66)37-78-35-33-76-31-29-56-47(65)36-77-34-32-75-30-28-55-44(62)25-22-40(50(69)70)57-45(63)19-14-12-10-8-6-4-2-3-5-7-9-11-13-15-20-49(67)68;/h39-42,53H,2-37H2,1H3,(H,54,61)(H,55,62)(H,56,65)(H,57,63)(H,58,64)(H,59,66)(H,67,68)(H,69,70)(H,71,72)(H,73,74);/q-1;/t39-,40-,41-,42-;/m0./s1. The van der Waals surface area contributed by atoms with Crippen LogP contribution in [0.2, 0.25) is 0 Å². The van der Waals surface area contributed by atoms with E-state index in [0.717, 1.165) is 51.4 Å². The summed E-state index contributed by atoms with van der Waals surface area (Å²) >= 11 is 0. The molecule has 0 bridgehead atoms. The molecule has 0 aromatic rings. The summed E-state index contributed by atoms with van der Waals surface area (Å²) in [5.74, 6) is -8.23. The second-order valence-corrected chi connectivity index (χ2v) is 18.9. The number of hydrogen-bond donors (Lipinski definition) is 10. The quantitative estimate of drug-likeness (QED) is 0.0391. The third-order valence-corrected chi connectivity index (χ3v) is 12.0. The number of carboxylic acid groups (broad SMARTS) is 4. The first kappa shape index (κ1) is 75.8. The Hall–Kier alpha value is -5.25. The Morgan fingerprint density at radius 1 is 0.367 bits per heavy atom. The van der Waals surface area contributed by atoms with Crippen LogP contribution in [0.25, 0.3) is 5.73 Å². The van der Waals surface area contributed by atoms with Crippen molar-refractivity contribution in [3.05, 3.63) is 5.73 Å². The molecule has 453 valence electrons. The van der Waals surface area contributed by atoms with Gasteiger partial charge >= 0.3 is 23.9 Å². The van der Waals surface area contributed by atoms with Crippen LogP contribution in [0.1, 0.15) is 167 Å². The van der Waals surface area contributed by atoms with Crippen molar-refractivity contribution in [2.24, 2.45) is 0 Å². The molecule has 0 heterocycles. The molecule has 27 heteroatoms. The van der Waals surface area contributed by atoms with Crippen molar-refractivity contribution >= 4 is 65.1 Å². The van der Waals surface area contributed by atoms with Gasteiger partial charge in [0.15, 0.2) is 0 Å². The monoisotopic (exact) mass is 1170 g/mol. The van der Waals surface area contributed by atoms with E-state index in [0.29, 0.717) is 25.7 Å². The van der Waals surface area contributed by atoms with Crippen LogP contribution in [0.4, 0.5) is 0 Å². The van der Waals surface area contributed by atoms with Crippen molar-refractivity contribution in [2.75, 3.05) is 72.5 Å².